The van der Waals surface area contributed by atoms with Crippen LogP contribution in [0.25, 0.3) is 11.0 Å². The Hall–Kier alpha value is -2.85. The Morgan fingerprint density at radius 3 is 2.76 bits per heavy atom. The highest BCUT2D eigenvalue weighted by molar-refractivity contribution is 7.92. The fourth-order valence-corrected chi connectivity index (χ4v) is 4.07. The molecule has 1 aromatic carbocycles. The van der Waals surface area contributed by atoms with Crippen LogP contribution >= 0.6 is 0 Å². The van der Waals surface area contributed by atoms with Crippen LogP contribution in [-0.2, 0) is 21.4 Å². The summed E-state index contributed by atoms with van der Waals surface area (Å²) in [5, 5.41) is 0.375. The van der Waals surface area contributed by atoms with Crippen LogP contribution in [-0.4, -0.2) is 37.0 Å². The van der Waals surface area contributed by atoms with Crippen molar-refractivity contribution in [3.05, 3.63) is 58.9 Å². The van der Waals surface area contributed by atoms with Gasteiger partial charge < -0.3 is 9.72 Å². The number of benzene rings is 1. The van der Waals surface area contributed by atoms with Gasteiger partial charge in [-0.3, -0.25) is 9.52 Å². The Morgan fingerprint density at radius 1 is 1.31 bits per heavy atom. The third-order valence-electron chi connectivity index (χ3n) is 4.20. The molecule has 0 aliphatic rings. The smallest absolute Gasteiger partial charge is 0.232 e. The van der Waals surface area contributed by atoms with E-state index in [-0.39, 0.29) is 17.9 Å². The molecular weight excluding hydrogens is 404 g/mol. The highest BCUT2D eigenvalue weighted by Gasteiger charge is 2.25. The van der Waals surface area contributed by atoms with E-state index in [1.54, 1.807) is 19.2 Å². The van der Waals surface area contributed by atoms with Gasteiger partial charge in [-0.2, -0.15) is 0 Å². The first kappa shape index (κ1) is 20.9. The number of hydrogen-bond donors (Lipinski definition) is 2. The average Bonchev–Trinajstić information content (AvgIpc) is 3.07. The average molecular weight is 423 g/mol. The lowest BCUT2D eigenvalue weighted by atomic mass is 10.0. The molecule has 0 unspecified atom stereocenters. The van der Waals surface area contributed by atoms with Gasteiger partial charge in [0.15, 0.2) is 5.82 Å². The molecule has 0 amide bonds. The van der Waals surface area contributed by atoms with E-state index in [0.717, 1.165) is 12.1 Å². The largest absolute Gasteiger partial charge is 0.380 e. The molecule has 0 atom stereocenters. The highest BCUT2D eigenvalue weighted by atomic mass is 32.2. The number of sulfonamides is 1. The van der Waals surface area contributed by atoms with E-state index in [4.69, 9.17) is 4.74 Å². The van der Waals surface area contributed by atoms with Crippen molar-refractivity contribution in [1.82, 2.24) is 9.97 Å². The number of rotatable bonds is 8. The van der Waals surface area contributed by atoms with Crippen LogP contribution in [0, 0.1) is 11.6 Å². The third kappa shape index (κ3) is 4.28. The first-order chi connectivity index (χ1) is 13.8. The number of ketones is 1. The van der Waals surface area contributed by atoms with Crippen LogP contribution in [0.3, 0.4) is 0 Å². The number of H-pyrrole nitrogens is 1. The first-order valence-electron chi connectivity index (χ1n) is 8.75. The fraction of sp³-hybridized carbons (Fsp3) is 0.263. The Bertz CT molecular complexity index is 1180. The Morgan fingerprint density at radius 2 is 2.07 bits per heavy atom. The van der Waals surface area contributed by atoms with Crippen molar-refractivity contribution in [3.8, 4) is 0 Å². The molecule has 2 N–H and O–H groups in total. The van der Waals surface area contributed by atoms with Gasteiger partial charge in [0.2, 0.25) is 15.8 Å². The van der Waals surface area contributed by atoms with Crippen molar-refractivity contribution in [2.24, 2.45) is 0 Å². The van der Waals surface area contributed by atoms with E-state index in [1.165, 1.54) is 13.3 Å². The predicted octanol–water partition coefficient (Wildman–Crippen LogP) is 3.37. The molecule has 10 heteroatoms. The molecule has 0 aliphatic heterocycles. The molecule has 2 heterocycles. The van der Waals surface area contributed by atoms with Gasteiger partial charge in [0.25, 0.3) is 0 Å². The van der Waals surface area contributed by atoms with Gasteiger partial charge in [0.05, 0.1) is 23.6 Å². The van der Waals surface area contributed by atoms with Crippen LogP contribution in [0.1, 0.15) is 34.8 Å². The maximum Gasteiger partial charge on any atom is 0.232 e. The second-order valence-corrected chi connectivity index (χ2v) is 8.25. The molecule has 0 bridgehead atoms. The number of pyridine rings is 1. The standard InChI is InChI=1S/C19H19F2N3O4S/c1-3-6-29(26,27)24-15-5-4-14(20)16(17(15)21)18(25)13-9-23-19-12(13)7-11(8-22-19)10-28-2/h4-5,7-9,24H,3,6,10H2,1-2H3,(H,22,23). The molecule has 0 saturated carbocycles. The number of aromatic amines is 1. The van der Waals surface area contributed by atoms with Gasteiger partial charge in [-0.05, 0) is 30.2 Å². The number of methoxy groups -OCH3 is 1. The van der Waals surface area contributed by atoms with Crippen molar-refractivity contribution in [3.63, 3.8) is 0 Å². The number of halogens is 2. The van der Waals surface area contributed by atoms with E-state index >= 15 is 0 Å². The monoisotopic (exact) mass is 423 g/mol. The van der Waals surface area contributed by atoms with Gasteiger partial charge >= 0.3 is 0 Å². The van der Waals surface area contributed by atoms with Crippen LogP contribution in [0.15, 0.2) is 30.6 Å². The summed E-state index contributed by atoms with van der Waals surface area (Å²) in [4.78, 5) is 19.9. The maximum atomic E-state index is 14.9. The molecule has 3 rings (SSSR count). The van der Waals surface area contributed by atoms with E-state index in [2.05, 4.69) is 14.7 Å². The zero-order valence-corrected chi connectivity index (χ0v) is 16.6. The van der Waals surface area contributed by atoms with Crippen LogP contribution in [0.5, 0.6) is 0 Å². The minimum atomic E-state index is -3.82. The zero-order valence-electron chi connectivity index (χ0n) is 15.8. The summed E-state index contributed by atoms with van der Waals surface area (Å²) in [5.74, 6) is -3.53. The van der Waals surface area contributed by atoms with Crippen LogP contribution in [0.4, 0.5) is 14.5 Å². The lowest BCUT2D eigenvalue weighted by Crippen LogP contribution is -2.18. The number of ether oxygens (including phenoxy) is 1. The summed E-state index contributed by atoms with van der Waals surface area (Å²) in [5.41, 5.74) is -0.276. The number of carbonyl (C=O) groups excluding carboxylic acids is 1. The summed E-state index contributed by atoms with van der Waals surface area (Å²) < 4.78 is 60.3. The fourth-order valence-electron chi connectivity index (χ4n) is 2.94. The molecule has 0 radical (unpaired) electrons. The number of hydrogen-bond acceptors (Lipinski definition) is 5. The number of carbonyl (C=O) groups is 1. The minimum Gasteiger partial charge on any atom is -0.380 e. The van der Waals surface area contributed by atoms with E-state index < -0.39 is 38.7 Å². The summed E-state index contributed by atoms with van der Waals surface area (Å²) in [6.07, 6.45) is 3.18. The highest BCUT2D eigenvalue weighted by Crippen LogP contribution is 2.27. The van der Waals surface area contributed by atoms with Crippen LogP contribution < -0.4 is 4.72 Å². The van der Waals surface area contributed by atoms with Crippen molar-refractivity contribution in [1.29, 1.82) is 0 Å². The second kappa shape index (κ2) is 8.26. The summed E-state index contributed by atoms with van der Waals surface area (Å²) >= 11 is 0. The molecule has 2 aromatic heterocycles. The topological polar surface area (TPSA) is 101 Å². The molecule has 0 saturated heterocycles. The quantitative estimate of drug-likeness (QED) is 0.541. The SMILES string of the molecule is CCCS(=O)(=O)Nc1ccc(F)c(C(=O)c2c[nH]c3ncc(COC)cc23)c1F. The lowest BCUT2D eigenvalue weighted by Gasteiger charge is -2.11. The normalized spacial score (nSPS) is 11.7. The summed E-state index contributed by atoms with van der Waals surface area (Å²) in [7, 11) is -2.31. The van der Waals surface area contributed by atoms with Gasteiger partial charge in [-0.1, -0.05) is 6.92 Å². The Balaban J connectivity index is 2.07. The third-order valence-corrected chi connectivity index (χ3v) is 5.68. The number of fused-ring (bicyclic) bond motifs is 1. The summed E-state index contributed by atoms with van der Waals surface area (Å²) in [6.45, 7) is 1.90. The van der Waals surface area contributed by atoms with Crippen molar-refractivity contribution >= 4 is 32.5 Å². The van der Waals surface area contributed by atoms with Gasteiger partial charge in [0, 0.05) is 30.5 Å². The van der Waals surface area contributed by atoms with Crippen LogP contribution in [0.2, 0.25) is 0 Å². The molecule has 154 valence electrons. The van der Waals surface area contributed by atoms with Crippen molar-refractivity contribution in [2.75, 3.05) is 17.6 Å². The molecule has 7 nitrogen and oxygen atoms in total. The number of nitrogens with zero attached hydrogens (tertiary/aromatic N) is 1. The van der Waals surface area contributed by atoms with Crippen molar-refractivity contribution < 1.29 is 26.7 Å². The minimum absolute atomic E-state index is 0.0109. The molecule has 0 fully saturated rings. The van der Waals surface area contributed by atoms with E-state index in [1.807, 2.05) is 0 Å². The molecule has 29 heavy (non-hydrogen) atoms. The Labute approximate surface area is 166 Å². The second-order valence-electron chi connectivity index (χ2n) is 6.41. The zero-order chi connectivity index (χ0) is 21.2. The molecular formula is C19H19F2N3O4S. The van der Waals surface area contributed by atoms with Gasteiger partial charge in [-0.25, -0.2) is 22.2 Å². The Kier molecular flexibility index (Phi) is 5.94. The molecule has 3 aromatic rings. The molecule has 0 spiro atoms. The number of anilines is 1. The van der Waals surface area contributed by atoms with Gasteiger partial charge in [-0.15, -0.1) is 0 Å². The number of nitrogens with one attached hydrogen (secondary N) is 2. The van der Waals surface area contributed by atoms with E-state index in [9.17, 15) is 22.0 Å². The summed E-state index contributed by atoms with van der Waals surface area (Å²) in [6, 6.07) is 3.44. The molecule has 0 aliphatic carbocycles. The maximum absolute atomic E-state index is 14.9. The lowest BCUT2D eigenvalue weighted by molar-refractivity contribution is 0.103. The van der Waals surface area contributed by atoms with E-state index in [0.29, 0.717) is 23.0 Å². The van der Waals surface area contributed by atoms with Gasteiger partial charge in [0.1, 0.15) is 11.5 Å². The predicted molar refractivity (Wildman–Crippen MR) is 104 cm³/mol. The number of aromatic nitrogens is 2. The van der Waals surface area contributed by atoms with Crippen molar-refractivity contribution in [2.45, 2.75) is 20.0 Å². The first-order valence-corrected chi connectivity index (χ1v) is 10.4.